The van der Waals surface area contributed by atoms with Gasteiger partial charge in [0.25, 0.3) is 0 Å². The number of hydrogen-bond donors (Lipinski definition) is 1. The van der Waals surface area contributed by atoms with E-state index in [9.17, 15) is 9.59 Å². The van der Waals surface area contributed by atoms with Crippen LogP contribution in [0.5, 0.6) is 0 Å². The SMILES string of the molecule is CCCN(C)C([C]=O)(NCC)C(=O)c1ccccc1. The molecule has 1 aromatic rings. The Morgan fingerprint density at radius 1 is 1.32 bits per heavy atom. The average Bonchev–Trinajstić information content (AvgIpc) is 2.45. The molecule has 4 nitrogen and oxygen atoms in total. The van der Waals surface area contributed by atoms with Gasteiger partial charge in [0, 0.05) is 12.1 Å². The van der Waals surface area contributed by atoms with Crippen LogP contribution in [0.2, 0.25) is 0 Å². The maximum Gasteiger partial charge on any atom is 0.245 e. The first-order chi connectivity index (χ1) is 9.12. The lowest BCUT2D eigenvalue weighted by Gasteiger charge is -2.35. The van der Waals surface area contributed by atoms with E-state index in [1.165, 1.54) is 0 Å². The number of benzene rings is 1. The van der Waals surface area contributed by atoms with Crippen LogP contribution in [-0.2, 0) is 4.79 Å². The number of carbonyl (C=O) groups is 1. The lowest BCUT2D eigenvalue weighted by Crippen LogP contribution is -2.64. The van der Waals surface area contributed by atoms with Gasteiger partial charge in [0.2, 0.25) is 17.7 Å². The van der Waals surface area contributed by atoms with Crippen molar-refractivity contribution >= 4 is 12.1 Å². The monoisotopic (exact) mass is 261 g/mol. The summed E-state index contributed by atoms with van der Waals surface area (Å²) in [5.41, 5.74) is -0.888. The molecule has 4 heteroatoms. The molecule has 19 heavy (non-hydrogen) atoms. The number of ketones is 1. The van der Waals surface area contributed by atoms with Gasteiger partial charge < -0.3 is 0 Å². The van der Waals surface area contributed by atoms with Crippen molar-refractivity contribution in [1.29, 1.82) is 0 Å². The first kappa shape index (κ1) is 15.5. The smallest absolute Gasteiger partial charge is 0.245 e. The van der Waals surface area contributed by atoms with E-state index in [0.29, 0.717) is 18.7 Å². The van der Waals surface area contributed by atoms with Gasteiger partial charge in [0.1, 0.15) is 0 Å². The fraction of sp³-hybridized carbons (Fsp3) is 0.467. The van der Waals surface area contributed by atoms with E-state index in [1.807, 2.05) is 26.2 Å². The summed E-state index contributed by atoms with van der Waals surface area (Å²) in [6.45, 7) is 5.03. The van der Waals surface area contributed by atoms with Gasteiger partial charge in [-0.2, -0.15) is 0 Å². The molecule has 0 amide bonds. The van der Waals surface area contributed by atoms with E-state index < -0.39 is 5.66 Å². The highest BCUT2D eigenvalue weighted by molar-refractivity contribution is 6.12. The maximum atomic E-state index is 12.6. The molecule has 1 atom stereocenters. The van der Waals surface area contributed by atoms with Crippen molar-refractivity contribution in [2.24, 2.45) is 0 Å². The molecular formula is C15H21N2O2. The van der Waals surface area contributed by atoms with Gasteiger partial charge in [-0.15, -0.1) is 0 Å². The molecular weight excluding hydrogens is 240 g/mol. The molecule has 1 radical (unpaired) electrons. The van der Waals surface area contributed by atoms with Gasteiger partial charge in [-0.1, -0.05) is 44.2 Å². The molecule has 0 aliphatic rings. The average molecular weight is 261 g/mol. The van der Waals surface area contributed by atoms with Crippen LogP contribution in [0.3, 0.4) is 0 Å². The lowest BCUT2D eigenvalue weighted by molar-refractivity contribution is 0.0696. The van der Waals surface area contributed by atoms with Crippen LogP contribution in [0.1, 0.15) is 30.6 Å². The Labute approximate surface area is 114 Å². The van der Waals surface area contributed by atoms with E-state index in [4.69, 9.17) is 0 Å². The minimum Gasteiger partial charge on any atom is -0.290 e. The standard InChI is InChI=1S/C15H21N2O2/c1-4-11-17(3)15(12-18,16-5-2)14(19)13-9-7-6-8-10-13/h6-10,16H,4-5,11H2,1-3H3. The Morgan fingerprint density at radius 3 is 2.42 bits per heavy atom. The molecule has 0 saturated carbocycles. The quantitative estimate of drug-likeness (QED) is 0.439. The van der Waals surface area contributed by atoms with Crippen molar-refractivity contribution in [1.82, 2.24) is 10.2 Å². The summed E-state index contributed by atoms with van der Waals surface area (Å²) < 4.78 is 0. The molecule has 0 aromatic heterocycles. The van der Waals surface area contributed by atoms with Gasteiger partial charge >= 0.3 is 0 Å². The lowest BCUT2D eigenvalue weighted by atomic mass is 9.97. The number of nitrogens with one attached hydrogen (secondary N) is 1. The predicted molar refractivity (Wildman–Crippen MR) is 75.8 cm³/mol. The molecule has 1 aromatic carbocycles. The van der Waals surface area contributed by atoms with Crippen LogP contribution in [0.4, 0.5) is 0 Å². The molecule has 0 saturated heterocycles. The Bertz CT molecular complexity index is 419. The number of hydrogen-bond acceptors (Lipinski definition) is 4. The van der Waals surface area contributed by atoms with E-state index in [0.717, 1.165) is 6.42 Å². The minimum atomic E-state index is -1.40. The van der Waals surface area contributed by atoms with Gasteiger partial charge in [-0.05, 0) is 20.0 Å². The van der Waals surface area contributed by atoms with Crippen molar-refractivity contribution in [3.63, 3.8) is 0 Å². The Balaban J connectivity index is 3.15. The normalized spacial score (nSPS) is 14.1. The van der Waals surface area contributed by atoms with Crippen LogP contribution < -0.4 is 5.32 Å². The highest BCUT2D eigenvalue weighted by Crippen LogP contribution is 2.16. The van der Waals surface area contributed by atoms with Gasteiger partial charge in [-0.3, -0.25) is 19.8 Å². The van der Waals surface area contributed by atoms with Gasteiger partial charge in [0.15, 0.2) is 0 Å². The number of nitrogens with zero attached hydrogens (tertiary/aromatic N) is 1. The Hall–Kier alpha value is -1.52. The zero-order valence-electron chi connectivity index (χ0n) is 11.8. The first-order valence-corrected chi connectivity index (χ1v) is 6.57. The van der Waals surface area contributed by atoms with Crippen molar-refractivity contribution in [3.05, 3.63) is 35.9 Å². The topological polar surface area (TPSA) is 49.4 Å². The zero-order valence-corrected chi connectivity index (χ0v) is 11.8. The largest absolute Gasteiger partial charge is 0.290 e. The maximum absolute atomic E-state index is 12.6. The van der Waals surface area contributed by atoms with Gasteiger partial charge in [0.05, 0.1) is 0 Å². The van der Waals surface area contributed by atoms with Crippen molar-refractivity contribution in [2.75, 3.05) is 20.1 Å². The highest BCUT2D eigenvalue weighted by Gasteiger charge is 2.42. The molecule has 0 heterocycles. The van der Waals surface area contributed by atoms with Gasteiger partial charge in [-0.25, -0.2) is 0 Å². The fourth-order valence-corrected chi connectivity index (χ4v) is 2.11. The van der Waals surface area contributed by atoms with Crippen LogP contribution in [0.15, 0.2) is 30.3 Å². The zero-order chi connectivity index (χ0) is 14.3. The molecule has 1 unspecified atom stereocenters. The number of likely N-dealkylation sites (N-methyl/N-ethyl adjacent to an activating group) is 2. The second kappa shape index (κ2) is 7.16. The van der Waals surface area contributed by atoms with Crippen molar-refractivity contribution < 1.29 is 9.59 Å². The van der Waals surface area contributed by atoms with Crippen molar-refractivity contribution in [2.45, 2.75) is 25.9 Å². The number of Topliss-reactive ketones (excluding diaryl/α,β-unsaturated/α-hetero) is 1. The van der Waals surface area contributed by atoms with E-state index >= 15 is 0 Å². The van der Waals surface area contributed by atoms with E-state index in [2.05, 4.69) is 5.32 Å². The van der Waals surface area contributed by atoms with E-state index in [1.54, 1.807) is 36.2 Å². The second-order valence-electron chi connectivity index (χ2n) is 4.46. The molecule has 0 aliphatic carbocycles. The molecule has 0 spiro atoms. The summed E-state index contributed by atoms with van der Waals surface area (Å²) in [6, 6.07) is 8.84. The summed E-state index contributed by atoms with van der Waals surface area (Å²) in [4.78, 5) is 25.9. The Morgan fingerprint density at radius 2 is 1.95 bits per heavy atom. The first-order valence-electron chi connectivity index (χ1n) is 6.57. The molecule has 1 rings (SSSR count). The third-order valence-corrected chi connectivity index (χ3v) is 3.08. The third-order valence-electron chi connectivity index (χ3n) is 3.08. The summed E-state index contributed by atoms with van der Waals surface area (Å²) in [5, 5.41) is 2.98. The summed E-state index contributed by atoms with van der Waals surface area (Å²) in [6.07, 6.45) is 2.77. The third kappa shape index (κ3) is 3.28. The van der Waals surface area contributed by atoms with Crippen molar-refractivity contribution in [3.8, 4) is 0 Å². The van der Waals surface area contributed by atoms with Crippen LogP contribution in [0.25, 0.3) is 0 Å². The summed E-state index contributed by atoms with van der Waals surface area (Å²) in [7, 11) is 1.76. The summed E-state index contributed by atoms with van der Waals surface area (Å²) >= 11 is 0. The molecule has 0 aliphatic heterocycles. The van der Waals surface area contributed by atoms with Crippen LogP contribution >= 0.6 is 0 Å². The minimum absolute atomic E-state index is 0.263. The molecule has 0 bridgehead atoms. The predicted octanol–water partition coefficient (Wildman–Crippen LogP) is 1.63. The van der Waals surface area contributed by atoms with E-state index in [-0.39, 0.29) is 5.78 Å². The summed E-state index contributed by atoms with van der Waals surface area (Å²) in [5.74, 6) is -0.263. The molecule has 0 fully saturated rings. The van der Waals surface area contributed by atoms with Crippen LogP contribution in [0, 0.1) is 0 Å². The molecule has 1 N–H and O–H groups in total. The fourth-order valence-electron chi connectivity index (χ4n) is 2.11. The second-order valence-corrected chi connectivity index (χ2v) is 4.46. The Kier molecular flexibility index (Phi) is 5.86. The number of carbonyl (C=O) groups excluding carboxylic acids is 2. The number of rotatable bonds is 8. The molecule has 103 valence electrons. The highest BCUT2D eigenvalue weighted by atomic mass is 16.2. The van der Waals surface area contributed by atoms with Crippen LogP contribution in [-0.4, -0.2) is 42.8 Å².